The van der Waals surface area contributed by atoms with Crippen LogP contribution in [0.5, 0.6) is 0 Å². The summed E-state index contributed by atoms with van der Waals surface area (Å²) in [7, 11) is 0. The van der Waals surface area contributed by atoms with E-state index in [1.54, 1.807) is 0 Å². The molecule has 1 fully saturated rings. The van der Waals surface area contributed by atoms with Gasteiger partial charge in [-0.2, -0.15) is 0 Å². The van der Waals surface area contributed by atoms with Gasteiger partial charge in [-0.1, -0.05) is 29.8 Å². The molecule has 0 bridgehead atoms. The van der Waals surface area contributed by atoms with Crippen molar-refractivity contribution in [2.45, 2.75) is 27.2 Å². The minimum atomic E-state index is -0.193. The fourth-order valence-corrected chi connectivity index (χ4v) is 2.41. The van der Waals surface area contributed by atoms with Crippen molar-refractivity contribution in [3.05, 3.63) is 28.2 Å². The van der Waals surface area contributed by atoms with E-state index in [2.05, 4.69) is 26.6 Å². The van der Waals surface area contributed by atoms with Crippen molar-refractivity contribution in [1.29, 1.82) is 0 Å². The molecule has 2 rings (SSSR count). The smallest absolute Gasteiger partial charge is 0.228 e. The molecule has 114 valence electrons. The van der Waals surface area contributed by atoms with Gasteiger partial charge >= 0.3 is 0 Å². The number of hydrogen-bond donors (Lipinski definition) is 2. The molecular weight excluding hydrogens is 332 g/mol. The van der Waals surface area contributed by atoms with Crippen LogP contribution in [0.4, 0.5) is 5.69 Å². The highest BCUT2D eigenvalue weighted by Gasteiger charge is 2.47. The van der Waals surface area contributed by atoms with Gasteiger partial charge in [0.2, 0.25) is 11.8 Å². The Morgan fingerprint density at radius 3 is 2.57 bits per heavy atom. The molecule has 21 heavy (non-hydrogen) atoms. The lowest BCUT2D eigenvalue weighted by Gasteiger charge is -2.08. The van der Waals surface area contributed by atoms with Crippen LogP contribution in [-0.2, 0) is 9.59 Å². The van der Waals surface area contributed by atoms with Crippen LogP contribution in [0, 0.1) is 24.7 Å². The van der Waals surface area contributed by atoms with E-state index in [9.17, 15) is 9.59 Å². The molecule has 0 spiro atoms. The highest BCUT2D eigenvalue weighted by Crippen LogP contribution is 2.39. The van der Waals surface area contributed by atoms with E-state index in [0.29, 0.717) is 18.9 Å². The number of hydrogen-bond acceptors (Lipinski definition) is 2. The molecule has 1 aliphatic rings. The molecule has 1 aromatic carbocycles. The highest BCUT2D eigenvalue weighted by atomic mass is 79.9. The van der Waals surface area contributed by atoms with E-state index in [1.165, 1.54) is 0 Å². The molecule has 2 N–H and O–H groups in total. The van der Waals surface area contributed by atoms with Crippen LogP contribution < -0.4 is 10.6 Å². The van der Waals surface area contributed by atoms with Gasteiger partial charge in [0.05, 0.1) is 11.8 Å². The monoisotopic (exact) mass is 352 g/mol. The van der Waals surface area contributed by atoms with Crippen LogP contribution in [0.15, 0.2) is 22.7 Å². The third-order valence-corrected chi connectivity index (χ3v) is 4.46. The molecule has 2 amide bonds. The Morgan fingerprint density at radius 2 is 1.95 bits per heavy atom. The summed E-state index contributed by atoms with van der Waals surface area (Å²) in [6.45, 7) is 6.73. The molecule has 2 atom stereocenters. The first-order valence-corrected chi connectivity index (χ1v) is 8.02. The number of anilines is 1. The summed E-state index contributed by atoms with van der Waals surface area (Å²) in [5.41, 5.74) is 1.84. The summed E-state index contributed by atoms with van der Waals surface area (Å²) in [5, 5.41) is 5.77. The quantitative estimate of drug-likeness (QED) is 0.855. The average molecular weight is 353 g/mol. The van der Waals surface area contributed by atoms with Gasteiger partial charge in [-0.3, -0.25) is 9.59 Å². The normalized spacial score (nSPS) is 20.2. The van der Waals surface area contributed by atoms with Gasteiger partial charge in [0.25, 0.3) is 0 Å². The summed E-state index contributed by atoms with van der Waals surface area (Å²) in [6.07, 6.45) is 0.644. The lowest BCUT2D eigenvalue weighted by Crippen LogP contribution is -2.30. The van der Waals surface area contributed by atoms with Crippen LogP contribution in [0.25, 0.3) is 0 Å². The lowest BCUT2D eigenvalue weighted by molar-refractivity contribution is -0.125. The molecule has 1 aromatic rings. The average Bonchev–Trinajstić information content (AvgIpc) is 3.20. The number of benzene rings is 1. The standard InChI is InChI=1S/C16H21BrN2O2/c1-9(2)8-18-15(20)12-7-13(12)16(21)19-11-4-5-14(17)10(3)6-11/h4-6,9,12-13H,7-8H2,1-3H3,(H,18,20)(H,19,21). The van der Waals surface area contributed by atoms with Gasteiger partial charge in [-0.25, -0.2) is 0 Å². The topological polar surface area (TPSA) is 58.2 Å². The van der Waals surface area contributed by atoms with Gasteiger partial charge in [-0.15, -0.1) is 0 Å². The maximum atomic E-state index is 12.1. The van der Waals surface area contributed by atoms with E-state index < -0.39 is 0 Å². The number of rotatable bonds is 5. The first-order chi connectivity index (χ1) is 9.88. The zero-order valence-electron chi connectivity index (χ0n) is 12.6. The molecule has 0 radical (unpaired) electrons. The van der Waals surface area contributed by atoms with Crippen LogP contribution in [-0.4, -0.2) is 18.4 Å². The first-order valence-electron chi connectivity index (χ1n) is 7.23. The highest BCUT2D eigenvalue weighted by molar-refractivity contribution is 9.10. The predicted molar refractivity (Wildman–Crippen MR) is 87.0 cm³/mol. The minimum Gasteiger partial charge on any atom is -0.356 e. The van der Waals surface area contributed by atoms with E-state index >= 15 is 0 Å². The molecular formula is C16H21BrN2O2. The molecule has 1 saturated carbocycles. The molecule has 0 aromatic heterocycles. The summed E-state index contributed by atoms with van der Waals surface area (Å²) < 4.78 is 1.01. The molecule has 0 saturated heterocycles. The summed E-state index contributed by atoms with van der Waals surface area (Å²) in [5.74, 6) is -0.00983. The van der Waals surface area contributed by atoms with Gasteiger partial charge in [0.15, 0.2) is 0 Å². The fraction of sp³-hybridized carbons (Fsp3) is 0.500. The van der Waals surface area contributed by atoms with Crippen molar-refractivity contribution < 1.29 is 9.59 Å². The summed E-state index contributed by atoms with van der Waals surface area (Å²) >= 11 is 3.43. The van der Waals surface area contributed by atoms with Crippen LogP contribution in [0.2, 0.25) is 0 Å². The van der Waals surface area contributed by atoms with Gasteiger partial charge < -0.3 is 10.6 Å². The predicted octanol–water partition coefficient (Wildman–Crippen LogP) is 3.10. The van der Waals surface area contributed by atoms with Crippen molar-refractivity contribution >= 4 is 33.4 Å². The van der Waals surface area contributed by atoms with E-state index in [1.807, 2.05) is 39.0 Å². The Labute approximate surface area is 133 Å². The molecule has 5 heteroatoms. The fourth-order valence-electron chi connectivity index (χ4n) is 2.17. The zero-order valence-corrected chi connectivity index (χ0v) is 14.2. The molecule has 1 aliphatic carbocycles. The number of carbonyl (C=O) groups excluding carboxylic acids is 2. The number of carbonyl (C=O) groups is 2. The van der Waals surface area contributed by atoms with Crippen molar-refractivity contribution in [3.63, 3.8) is 0 Å². The van der Waals surface area contributed by atoms with E-state index in [-0.39, 0.29) is 23.7 Å². The number of halogens is 1. The maximum Gasteiger partial charge on any atom is 0.228 e. The SMILES string of the molecule is Cc1cc(NC(=O)C2CC2C(=O)NCC(C)C)ccc1Br. The molecule has 4 nitrogen and oxygen atoms in total. The molecule has 2 unspecified atom stereocenters. The Morgan fingerprint density at radius 1 is 1.29 bits per heavy atom. The number of nitrogens with one attached hydrogen (secondary N) is 2. The van der Waals surface area contributed by atoms with Crippen molar-refractivity contribution in [1.82, 2.24) is 5.32 Å². The third-order valence-electron chi connectivity index (χ3n) is 3.57. The molecule has 0 aliphatic heterocycles. The second kappa shape index (κ2) is 6.60. The van der Waals surface area contributed by atoms with E-state index in [4.69, 9.17) is 0 Å². The van der Waals surface area contributed by atoms with Crippen LogP contribution in [0.3, 0.4) is 0 Å². The van der Waals surface area contributed by atoms with Crippen molar-refractivity contribution in [2.75, 3.05) is 11.9 Å². The Bertz CT molecular complexity index is 557. The minimum absolute atomic E-state index is 0.00385. The van der Waals surface area contributed by atoms with Crippen molar-refractivity contribution in [3.8, 4) is 0 Å². The third kappa shape index (κ3) is 4.30. The molecule has 0 heterocycles. The largest absolute Gasteiger partial charge is 0.356 e. The Hall–Kier alpha value is -1.36. The number of aryl methyl sites for hydroxylation is 1. The second-order valence-corrected chi connectivity index (χ2v) is 6.90. The van der Waals surface area contributed by atoms with Crippen LogP contribution in [0.1, 0.15) is 25.8 Å². The lowest BCUT2D eigenvalue weighted by atomic mass is 10.2. The maximum absolute atomic E-state index is 12.1. The Balaban J connectivity index is 1.85. The second-order valence-electron chi connectivity index (χ2n) is 6.04. The Kier molecular flexibility index (Phi) is 5.04. The van der Waals surface area contributed by atoms with Crippen molar-refractivity contribution in [2.24, 2.45) is 17.8 Å². The first kappa shape index (κ1) is 16.0. The zero-order chi connectivity index (χ0) is 15.6. The number of amides is 2. The van der Waals surface area contributed by atoms with Gasteiger partial charge in [0, 0.05) is 16.7 Å². The van der Waals surface area contributed by atoms with Gasteiger partial charge in [-0.05, 0) is 43.0 Å². The van der Waals surface area contributed by atoms with E-state index in [0.717, 1.165) is 15.7 Å². The summed E-state index contributed by atoms with van der Waals surface area (Å²) in [4.78, 5) is 24.0. The van der Waals surface area contributed by atoms with Crippen LogP contribution >= 0.6 is 15.9 Å². The van der Waals surface area contributed by atoms with Gasteiger partial charge in [0.1, 0.15) is 0 Å². The summed E-state index contributed by atoms with van der Waals surface area (Å²) in [6, 6.07) is 5.67.